The third kappa shape index (κ3) is 5.62. The Morgan fingerprint density at radius 3 is 3.08 bits per heavy atom. The molecule has 0 aliphatic carbocycles. The van der Waals surface area contributed by atoms with Gasteiger partial charge in [0.15, 0.2) is 0 Å². The van der Waals surface area contributed by atoms with Gasteiger partial charge >= 0.3 is 0 Å². The van der Waals surface area contributed by atoms with Gasteiger partial charge in [-0.1, -0.05) is 6.08 Å². The van der Waals surface area contributed by atoms with E-state index in [-0.39, 0.29) is 12.0 Å². The van der Waals surface area contributed by atoms with Crippen molar-refractivity contribution in [2.75, 3.05) is 30.4 Å². The highest BCUT2D eigenvalue weighted by atomic mass is 19.1. The fourth-order valence-electron chi connectivity index (χ4n) is 2.41. The highest BCUT2D eigenvalue weighted by Gasteiger charge is 2.16. The number of carbonyl (C=O) groups excluding carboxylic acids is 1. The zero-order valence-electron chi connectivity index (χ0n) is 14.0. The van der Waals surface area contributed by atoms with Crippen molar-refractivity contribution in [1.82, 2.24) is 0 Å². The lowest BCUT2D eigenvalue weighted by Gasteiger charge is -2.15. The second-order valence-corrected chi connectivity index (χ2v) is 5.79. The molecule has 1 heterocycles. The molecule has 1 aromatic rings. The van der Waals surface area contributed by atoms with Crippen LogP contribution in [0.2, 0.25) is 0 Å². The molecule has 132 valence electrons. The quantitative estimate of drug-likeness (QED) is 0.536. The number of rotatable bonds is 9. The van der Waals surface area contributed by atoms with Crippen molar-refractivity contribution in [1.29, 1.82) is 0 Å². The first-order chi connectivity index (χ1) is 11.6. The monoisotopic (exact) mass is 336 g/mol. The van der Waals surface area contributed by atoms with Gasteiger partial charge in [-0.25, -0.2) is 4.39 Å². The molecule has 1 aromatic carbocycles. The number of benzene rings is 1. The van der Waals surface area contributed by atoms with E-state index in [0.717, 1.165) is 19.4 Å². The molecule has 0 aromatic heterocycles. The summed E-state index contributed by atoms with van der Waals surface area (Å²) in [5, 5.41) is 5.70. The molecule has 24 heavy (non-hydrogen) atoms. The molecule has 5 nitrogen and oxygen atoms in total. The molecule has 0 spiro atoms. The first-order valence-electron chi connectivity index (χ1n) is 8.28. The average Bonchev–Trinajstić information content (AvgIpc) is 3.07. The summed E-state index contributed by atoms with van der Waals surface area (Å²) < 4.78 is 25.0. The summed E-state index contributed by atoms with van der Waals surface area (Å²) in [6, 6.07) is 4.57. The van der Waals surface area contributed by atoms with E-state index in [1.165, 1.54) is 6.07 Å². The lowest BCUT2D eigenvalue weighted by molar-refractivity contribution is -0.126. The zero-order chi connectivity index (χ0) is 17.4. The fraction of sp³-hybridized carbons (Fsp3) is 0.500. The summed E-state index contributed by atoms with van der Waals surface area (Å²) in [5.41, 5.74) is 0.804. The van der Waals surface area contributed by atoms with Crippen molar-refractivity contribution >= 4 is 17.3 Å². The minimum absolute atomic E-state index is 0.136. The summed E-state index contributed by atoms with van der Waals surface area (Å²) in [6.45, 7) is 7.03. The Bertz CT molecular complexity index is 559. The molecular weight excluding hydrogens is 311 g/mol. The number of halogens is 1. The van der Waals surface area contributed by atoms with Crippen molar-refractivity contribution in [3.05, 3.63) is 36.7 Å². The number of hydrogen-bond acceptors (Lipinski definition) is 4. The van der Waals surface area contributed by atoms with Crippen molar-refractivity contribution in [2.24, 2.45) is 0 Å². The summed E-state index contributed by atoms with van der Waals surface area (Å²) in [6.07, 6.45) is 3.97. The standard InChI is InChI=1S/C18H25FN2O3/c1-3-4-9-23-13(2)18(22)21-14-7-8-17(16(19)11-14)20-12-15-6-5-10-24-15/h3,7-8,11,13,15,20H,1,4-6,9-10,12H2,2H3,(H,21,22)/t13-,15+/m1/s1. The molecule has 0 saturated carbocycles. The first-order valence-corrected chi connectivity index (χ1v) is 8.28. The van der Waals surface area contributed by atoms with Crippen LogP contribution in [0.5, 0.6) is 0 Å². The van der Waals surface area contributed by atoms with Gasteiger partial charge in [0.2, 0.25) is 0 Å². The van der Waals surface area contributed by atoms with Gasteiger partial charge in [-0.3, -0.25) is 4.79 Å². The summed E-state index contributed by atoms with van der Waals surface area (Å²) in [7, 11) is 0. The molecule has 1 aliphatic rings. The normalized spacial score (nSPS) is 18.2. The largest absolute Gasteiger partial charge is 0.380 e. The highest BCUT2D eigenvalue weighted by Crippen LogP contribution is 2.20. The van der Waals surface area contributed by atoms with Crippen molar-refractivity contribution in [3.63, 3.8) is 0 Å². The third-order valence-corrected chi connectivity index (χ3v) is 3.84. The molecule has 0 bridgehead atoms. The Morgan fingerprint density at radius 1 is 1.58 bits per heavy atom. The van der Waals surface area contributed by atoms with E-state index in [1.54, 1.807) is 25.1 Å². The van der Waals surface area contributed by atoms with Crippen LogP contribution in [0.3, 0.4) is 0 Å². The predicted octanol–water partition coefficient (Wildman–Crippen LogP) is 3.34. The van der Waals surface area contributed by atoms with Crippen molar-refractivity contribution in [2.45, 2.75) is 38.4 Å². The summed E-state index contributed by atoms with van der Waals surface area (Å²) >= 11 is 0. The lowest BCUT2D eigenvalue weighted by atomic mass is 10.2. The Balaban J connectivity index is 1.84. The molecule has 0 radical (unpaired) electrons. The van der Waals surface area contributed by atoms with E-state index in [0.29, 0.717) is 30.9 Å². The van der Waals surface area contributed by atoms with Gasteiger partial charge in [-0.05, 0) is 44.4 Å². The Morgan fingerprint density at radius 2 is 2.42 bits per heavy atom. The summed E-state index contributed by atoms with van der Waals surface area (Å²) in [5.74, 6) is -0.718. The molecular formula is C18H25FN2O3. The minimum atomic E-state index is -0.606. The van der Waals surface area contributed by atoms with Gasteiger partial charge in [0.25, 0.3) is 5.91 Å². The molecule has 6 heteroatoms. The third-order valence-electron chi connectivity index (χ3n) is 3.84. The maximum atomic E-state index is 14.1. The molecule has 1 saturated heterocycles. The Labute approximate surface area is 142 Å². The van der Waals surface area contributed by atoms with Gasteiger partial charge < -0.3 is 20.1 Å². The highest BCUT2D eigenvalue weighted by molar-refractivity contribution is 5.94. The van der Waals surface area contributed by atoms with Crippen molar-refractivity contribution in [3.8, 4) is 0 Å². The predicted molar refractivity (Wildman–Crippen MR) is 92.7 cm³/mol. The summed E-state index contributed by atoms with van der Waals surface area (Å²) in [4.78, 5) is 12.0. The molecule has 2 N–H and O–H groups in total. The fourth-order valence-corrected chi connectivity index (χ4v) is 2.41. The van der Waals surface area contributed by atoms with Gasteiger partial charge in [0.1, 0.15) is 11.9 Å². The van der Waals surface area contributed by atoms with Crippen LogP contribution in [0, 0.1) is 5.82 Å². The van der Waals surface area contributed by atoms with Crippen LogP contribution >= 0.6 is 0 Å². The van der Waals surface area contributed by atoms with Crippen LogP contribution in [-0.4, -0.2) is 37.9 Å². The maximum absolute atomic E-state index is 14.1. The molecule has 2 rings (SSSR count). The van der Waals surface area contributed by atoms with E-state index in [1.807, 2.05) is 0 Å². The maximum Gasteiger partial charge on any atom is 0.253 e. The van der Waals surface area contributed by atoms with Crippen LogP contribution in [0.1, 0.15) is 26.2 Å². The molecule has 0 unspecified atom stereocenters. The van der Waals surface area contributed by atoms with Crippen LogP contribution in [0.4, 0.5) is 15.8 Å². The number of amides is 1. The van der Waals surface area contributed by atoms with Crippen LogP contribution in [-0.2, 0) is 14.3 Å². The first kappa shape index (κ1) is 18.4. The van der Waals surface area contributed by atoms with Gasteiger partial charge in [-0.2, -0.15) is 0 Å². The van der Waals surface area contributed by atoms with E-state index < -0.39 is 11.9 Å². The lowest BCUT2D eigenvalue weighted by Crippen LogP contribution is -2.28. The second kappa shape index (κ2) is 9.39. The molecule has 1 amide bonds. The van der Waals surface area contributed by atoms with E-state index in [2.05, 4.69) is 17.2 Å². The SMILES string of the molecule is C=CCCO[C@H](C)C(=O)Nc1ccc(NC[C@@H]2CCCO2)c(F)c1. The minimum Gasteiger partial charge on any atom is -0.380 e. The van der Waals surface area contributed by atoms with Crippen molar-refractivity contribution < 1.29 is 18.7 Å². The molecule has 1 fully saturated rings. The number of carbonyl (C=O) groups is 1. The van der Waals surface area contributed by atoms with Crippen LogP contribution < -0.4 is 10.6 Å². The van der Waals surface area contributed by atoms with Crippen LogP contribution in [0.15, 0.2) is 30.9 Å². The van der Waals surface area contributed by atoms with Crippen LogP contribution in [0.25, 0.3) is 0 Å². The van der Waals surface area contributed by atoms with Gasteiger partial charge in [0, 0.05) is 18.8 Å². The number of hydrogen-bond donors (Lipinski definition) is 2. The number of ether oxygens (including phenoxy) is 2. The molecule has 2 atom stereocenters. The Hall–Kier alpha value is -1.92. The zero-order valence-corrected chi connectivity index (χ0v) is 14.0. The second-order valence-electron chi connectivity index (χ2n) is 5.79. The average molecular weight is 336 g/mol. The smallest absolute Gasteiger partial charge is 0.253 e. The van der Waals surface area contributed by atoms with Gasteiger partial charge in [-0.15, -0.1) is 6.58 Å². The number of anilines is 2. The molecule has 1 aliphatic heterocycles. The van der Waals surface area contributed by atoms with Gasteiger partial charge in [0.05, 0.1) is 18.4 Å². The Kier molecular flexibility index (Phi) is 7.21. The topological polar surface area (TPSA) is 59.6 Å². The van der Waals surface area contributed by atoms with E-state index >= 15 is 0 Å². The van der Waals surface area contributed by atoms with E-state index in [9.17, 15) is 9.18 Å². The number of nitrogens with one attached hydrogen (secondary N) is 2. The van der Waals surface area contributed by atoms with E-state index in [4.69, 9.17) is 9.47 Å².